The van der Waals surface area contributed by atoms with E-state index in [0.29, 0.717) is 5.82 Å². The maximum Gasteiger partial charge on any atom is 0.411 e. The standard InChI is InChI=1S/C6H8F3N3OS/c7-6(8,9)3-13-2-1-4-10-5(14)12-11-4/h1-3H2,(H2,10,11,12,14). The molecule has 0 spiro atoms. The Morgan fingerprint density at radius 3 is 2.57 bits per heavy atom. The van der Waals surface area contributed by atoms with Crippen LogP contribution in [0.4, 0.5) is 13.2 Å². The molecule has 0 saturated carbocycles. The molecule has 4 nitrogen and oxygen atoms in total. The largest absolute Gasteiger partial charge is 0.411 e. The van der Waals surface area contributed by atoms with Crippen molar-refractivity contribution in [3.63, 3.8) is 0 Å². The van der Waals surface area contributed by atoms with Crippen molar-refractivity contribution in [1.82, 2.24) is 15.2 Å². The summed E-state index contributed by atoms with van der Waals surface area (Å²) in [4.78, 5) is 3.79. The van der Waals surface area contributed by atoms with Gasteiger partial charge < -0.3 is 4.74 Å². The summed E-state index contributed by atoms with van der Waals surface area (Å²) in [5.74, 6) is 0.483. The van der Waals surface area contributed by atoms with Crippen LogP contribution < -0.4 is 0 Å². The lowest BCUT2D eigenvalue weighted by Gasteiger charge is -2.05. The molecule has 0 aromatic carbocycles. The summed E-state index contributed by atoms with van der Waals surface area (Å²) in [5.41, 5.74) is 0. The first-order valence-electron chi connectivity index (χ1n) is 3.75. The first-order chi connectivity index (χ1) is 6.47. The lowest BCUT2D eigenvalue weighted by Crippen LogP contribution is -2.18. The summed E-state index contributed by atoms with van der Waals surface area (Å²) in [7, 11) is 0. The van der Waals surface area contributed by atoms with E-state index < -0.39 is 12.8 Å². The highest BCUT2D eigenvalue weighted by Crippen LogP contribution is 2.14. The summed E-state index contributed by atoms with van der Waals surface area (Å²) < 4.78 is 39.5. The third-order valence-electron chi connectivity index (χ3n) is 1.30. The van der Waals surface area contributed by atoms with Gasteiger partial charge in [0.25, 0.3) is 0 Å². The van der Waals surface area contributed by atoms with E-state index in [-0.39, 0.29) is 17.8 Å². The van der Waals surface area contributed by atoms with Crippen molar-refractivity contribution in [2.45, 2.75) is 12.6 Å². The van der Waals surface area contributed by atoms with Crippen molar-refractivity contribution in [2.24, 2.45) is 0 Å². The van der Waals surface area contributed by atoms with Gasteiger partial charge in [-0.3, -0.25) is 10.2 Å². The van der Waals surface area contributed by atoms with Crippen molar-refractivity contribution in [3.8, 4) is 0 Å². The molecule has 0 radical (unpaired) electrons. The molecular formula is C6H8F3N3OS. The van der Waals surface area contributed by atoms with Gasteiger partial charge >= 0.3 is 6.18 Å². The topological polar surface area (TPSA) is 53.7 Å². The normalized spacial score (nSPS) is 11.9. The van der Waals surface area contributed by atoms with Crippen LogP contribution in [0.15, 0.2) is 0 Å². The van der Waals surface area contributed by atoms with Gasteiger partial charge in [-0.15, -0.1) is 0 Å². The van der Waals surface area contributed by atoms with Crippen LogP contribution in [0.3, 0.4) is 0 Å². The summed E-state index contributed by atoms with van der Waals surface area (Å²) in [6, 6.07) is 0. The molecule has 0 aliphatic carbocycles. The number of H-pyrrole nitrogens is 2. The molecule has 0 bridgehead atoms. The lowest BCUT2D eigenvalue weighted by atomic mass is 10.4. The Kier molecular flexibility index (Phi) is 3.64. The van der Waals surface area contributed by atoms with E-state index in [0.717, 1.165) is 0 Å². The number of rotatable bonds is 4. The van der Waals surface area contributed by atoms with Crippen molar-refractivity contribution in [2.75, 3.05) is 13.2 Å². The molecule has 1 heterocycles. The quantitative estimate of drug-likeness (QED) is 0.606. The van der Waals surface area contributed by atoms with Gasteiger partial charge in [0.15, 0.2) is 0 Å². The second kappa shape index (κ2) is 4.56. The van der Waals surface area contributed by atoms with Gasteiger partial charge in [0.05, 0.1) is 6.61 Å². The Labute approximate surface area is 82.5 Å². The minimum atomic E-state index is -4.28. The van der Waals surface area contributed by atoms with E-state index in [1.807, 2.05) is 0 Å². The number of aromatic amines is 2. The Morgan fingerprint density at radius 2 is 2.07 bits per heavy atom. The molecule has 2 N–H and O–H groups in total. The number of hydrogen-bond acceptors (Lipinski definition) is 3. The highest BCUT2D eigenvalue weighted by atomic mass is 32.1. The van der Waals surface area contributed by atoms with Crippen molar-refractivity contribution in [1.29, 1.82) is 0 Å². The zero-order valence-corrected chi connectivity index (χ0v) is 7.84. The van der Waals surface area contributed by atoms with Crippen molar-refractivity contribution < 1.29 is 17.9 Å². The van der Waals surface area contributed by atoms with Gasteiger partial charge in [0.1, 0.15) is 12.4 Å². The zero-order valence-electron chi connectivity index (χ0n) is 7.02. The number of nitrogens with one attached hydrogen (secondary N) is 2. The monoisotopic (exact) mass is 227 g/mol. The molecule has 0 aliphatic heterocycles. The molecule has 0 fully saturated rings. The molecule has 1 rings (SSSR count). The van der Waals surface area contributed by atoms with Crippen LogP contribution >= 0.6 is 12.2 Å². The fourth-order valence-corrected chi connectivity index (χ4v) is 0.940. The fraction of sp³-hybridized carbons (Fsp3) is 0.667. The molecule has 80 valence electrons. The molecule has 0 amide bonds. The van der Waals surface area contributed by atoms with Crippen LogP contribution in [0.1, 0.15) is 5.82 Å². The number of alkyl halides is 3. The molecule has 0 unspecified atom stereocenters. The highest BCUT2D eigenvalue weighted by molar-refractivity contribution is 7.71. The first kappa shape index (κ1) is 11.2. The molecule has 14 heavy (non-hydrogen) atoms. The number of ether oxygens (including phenoxy) is 1. The average molecular weight is 227 g/mol. The third kappa shape index (κ3) is 4.38. The minimum absolute atomic E-state index is 0.0460. The second-order valence-electron chi connectivity index (χ2n) is 2.53. The Hall–Kier alpha value is -0.890. The zero-order chi connectivity index (χ0) is 10.6. The van der Waals surface area contributed by atoms with E-state index in [4.69, 9.17) is 0 Å². The molecule has 8 heteroatoms. The minimum Gasteiger partial charge on any atom is -0.372 e. The lowest BCUT2D eigenvalue weighted by molar-refractivity contribution is -0.173. The van der Waals surface area contributed by atoms with Crippen LogP contribution in [-0.4, -0.2) is 34.6 Å². The predicted octanol–water partition coefficient (Wildman–Crippen LogP) is 1.59. The molecular weight excluding hydrogens is 219 g/mol. The van der Waals surface area contributed by atoms with Gasteiger partial charge in [-0.05, 0) is 12.2 Å². The van der Waals surface area contributed by atoms with E-state index in [1.54, 1.807) is 0 Å². The van der Waals surface area contributed by atoms with Crippen molar-refractivity contribution >= 4 is 12.2 Å². The summed E-state index contributed by atoms with van der Waals surface area (Å²) in [5, 5.41) is 5.13. The Morgan fingerprint density at radius 1 is 1.36 bits per heavy atom. The van der Waals surface area contributed by atoms with Gasteiger partial charge in [-0.25, -0.2) is 4.98 Å². The maximum atomic E-state index is 11.6. The van der Waals surface area contributed by atoms with E-state index in [2.05, 4.69) is 32.1 Å². The molecule has 0 saturated heterocycles. The molecule has 1 aromatic rings. The van der Waals surface area contributed by atoms with Crippen molar-refractivity contribution in [3.05, 3.63) is 10.6 Å². The van der Waals surface area contributed by atoms with Crippen LogP contribution in [0, 0.1) is 4.77 Å². The van der Waals surface area contributed by atoms with E-state index in [9.17, 15) is 13.2 Å². The number of hydrogen-bond donors (Lipinski definition) is 2. The van der Waals surface area contributed by atoms with Gasteiger partial charge in [-0.2, -0.15) is 13.2 Å². The van der Waals surface area contributed by atoms with E-state index in [1.165, 1.54) is 0 Å². The predicted molar refractivity (Wildman–Crippen MR) is 44.4 cm³/mol. The van der Waals surface area contributed by atoms with Crippen LogP contribution in [-0.2, 0) is 11.2 Å². The maximum absolute atomic E-state index is 11.6. The first-order valence-corrected chi connectivity index (χ1v) is 4.16. The molecule has 0 atom stereocenters. The van der Waals surface area contributed by atoms with Gasteiger partial charge in [0.2, 0.25) is 4.77 Å². The number of aromatic nitrogens is 3. The number of halogens is 3. The molecule has 1 aromatic heterocycles. The van der Waals surface area contributed by atoms with Crippen LogP contribution in [0.2, 0.25) is 0 Å². The van der Waals surface area contributed by atoms with Gasteiger partial charge in [0, 0.05) is 6.42 Å². The second-order valence-corrected chi connectivity index (χ2v) is 2.92. The summed E-state index contributed by atoms with van der Waals surface area (Å²) >= 11 is 4.65. The Bertz CT molecular complexity index is 332. The third-order valence-corrected chi connectivity index (χ3v) is 1.49. The van der Waals surface area contributed by atoms with Crippen LogP contribution in [0.5, 0.6) is 0 Å². The average Bonchev–Trinajstić information content (AvgIpc) is 2.44. The SMILES string of the molecule is FC(F)(F)COCCc1nc(=S)[nH][nH]1. The van der Waals surface area contributed by atoms with Crippen LogP contribution in [0.25, 0.3) is 0 Å². The summed E-state index contributed by atoms with van der Waals surface area (Å²) in [6.45, 7) is -1.28. The Balaban J connectivity index is 2.19. The fourth-order valence-electron chi connectivity index (χ4n) is 0.779. The number of nitrogens with zero attached hydrogens (tertiary/aromatic N) is 1. The highest BCUT2D eigenvalue weighted by Gasteiger charge is 2.27. The van der Waals surface area contributed by atoms with Gasteiger partial charge in [-0.1, -0.05) is 0 Å². The summed E-state index contributed by atoms with van der Waals surface area (Å²) in [6.07, 6.45) is -4.01. The molecule has 0 aliphatic rings. The van der Waals surface area contributed by atoms with E-state index >= 15 is 0 Å². The smallest absolute Gasteiger partial charge is 0.372 e.